The molecule has 0 saturated heterocycles. The maximum absolute atomic E-state index is 12.2. The van der Waals surface area contributed by atoms with Crippen LogP contribution in [0.15, 0.2) is 29.1 Å². The lowest BCUT2D eigenvalue weighted by atomic mass is 10.0. The predicted octanol–water partition coefficient (Wildman–Crippen LogP) is 3.08. The molecule has 0 N–H and O–H groups in total. The average Bonchev–Trinajstić information content (AvgIpc) is 2.84. The number of thiazole rings is 1. The summed E-state index contributed by atoms with van der Waals surface area (Å²) in [6, 6.07) is 5.61. The summed E-state index contributed by atoms with van der Waals surface area (Å²) in [5.74, 6) is 0.537. The maximum Gasteiger partial charge on any atom is 0.215 e. The van der Waals surface area contributed by atoms with Crippen molar-refractivity contribution in [2.75, 3.05) is 6.61 Å². The molecule has 0 radical (unpaired) electrons. The van der Waals surface area contributed by atoms with Gasteiger partial charge in [0.15, 0.2) is 0 Å². The molecule has 0 aliphatic carbocycles. The monoisotopic (exact) mass is 247 g/mol. The standard InChI is InChI=1S/C13H13NO2S/c1-3-16-12-5-4-9(2)6-10(12)13(15)11-7-17-8-14-11/h4-8H,3H2,1-2H3. The highest BCUT2D eigenvalue weighted by Gasteiger charge is 2.16. The molecule has 0 spiro atoms. The number of ether oxygens (including phenoxy) is 1. The van der Waals surface area contributed by atoms with Crippen molar-refractivity contribution in [1.82, 2.24) is 4.98 Å². The van der Waals surface area contributed by atoms with Crippen LogP contribution in [0.1, 0.15) is 28.5 Å². The molecule has 17 heavy (non-hydrogen) atoms. The zero-order valence-corrected chi connectivity index (χ0v) is 10.6. The molecule has 0 fully saturated rings. The predicted molar refractivity (Wildman–Crippen MR) is 67.9 cm³/mol. The number of ketones is 1. The average molecular weight is 247 g/mol. The van der Waals surface area contributed by atoms with Crippen molar-refractivity contribution in [2.45, 2.75) is 13.8 Å². The number of carbonyl (C=O) groups is 1. The first kappa shape index (κ1) is 11.8. The van der Waals surface area contributed by atoms with Crippen LogP contribution in [0, 0.1) is 6.92 Å². The number of carbonyl (C=O) groups excluding carboxylic acids is 1. The Labute approximate surface area is 104 Å². The third-order valence-electron chi connectivity index (χ3n) is 2.34. The molecule has 0 saturated carbocycles. The summed E-state index contributed by atoms with van der Waals surface area (Å²) >= 11 is 1.41. The summed E-state index contributed by atoms with van der Waals surface area (Å²) < 4.78 is 5.47. The summed E-state index contributed by atoms with van der Waals surface area (Å²) in [4.78, 5) is 16.3. The molecular formula is C13H13NO2S. The minimum absolute atomic E-state index is 0.0848. The number of hydrogen-bond acceptors (Lipinski definition) is 4. The van der Waals surface area contributed by atoms with Gasteiger partial charge in [-0.3, -0.25) is 4.79 Å². The van der Waals surface area contributed by atoms with E-state index >= 15 is 0 Å². The van der Waals surface area contributed by atoms with E-state index in [1.807, 2.05) is 32.0 Å². The van der Waals surface area contributed by atoms with E-state index in [9.17, 15) is 4.79 Å². The number of aromatic nitrogens is 1. The van der Waals surface area contributed by atoms with Gasteiger partial charge in [0.1, 0.15) is 11.4 Å². The number of benzene rings is 1. The fourth-order valence-corrected chi connectivity index (χ4v) is 2.10. The third-order valence-corrected chi connectivity index (χ3v) is 2.93. The van der Waals surface area contributed by atoms with Gasteiger partial charge in [-0.15, -0.1) is 11.3 Å². The zero-order valence-electron chi connectivity index (χ0n) is 9.77. The van der Waals surface area contributed by atoms with Gasteiger partial charge in [0.25, 0.3) is 0 Å². The Bertz CT molecular complexity index is 520. The van der Waals surface area contributed by atoms with E-state index in [0.717, 1.165) is 5.56 Å². The molecule has 0 atom stereocenters. The first-order chi connectivity index (χ1) is 8.22. The first-order valence-corrected chi connectivity index (χ1v) is 6.33. The van der Waals surface area contributed by atoms with Crippen molar-refractivity contribution in [2.24, 2.45) is 0 Å². The number of nitrogens with zero attached hydrogens (tertiary/aromatic N) is 1. The van der Waals surface area contributed by atoms with Gasteiger partial charge in [-0.25, -0.2) is 4.98 Å². The molecule has 0 aliphatic rings. The maximum atomic E-state index is 12.2. The van der Waals surface area contributed by atoms with Crippen LogP contribution in [0.4, 0.5) is 0 Å². The van der Waals surface area contributed by atoms with Gasteiger partial charge in [0, 0.05) is 5.38 Å². The van der Waals surface area contributed by atoms with Crippen LogP contribution in [0.5, 0.6) is 5.75 Å². The molecular weight excluding hydrogens is 234 g/mol. The van der Waals surface area contributed by atoms with E-state index in [4.69, 9.17) is 4.74 Å². The molecule has 0 amide bonds. The second kappa shape index (κ2) is 5.10. The van der Waals surface area contributed by atoms with Crippen molar-refractivity contribution in [3.05, 3.63) is 45.9 Å². The Morgan fingerprint density at radius 3 is 2.94 bits per heavy atom. The topological polar surface area (TPSA) is 39.2 Å². The van der Waals surface area contributed by atoms with E-state index in [2.05, 4.69) is 4.98 Å². The normalized spacial score (nSPS) is 10.2. The van der Waals surface area contributed by atoms with Crippen LogP contribution in [0.3, 0.4) is 0 Å². The molecule has 3 nitrogen and oxygen atoms in total. The summed E-state index contributed by atoms with van der Waals surface area (Å²) in [6.45, 7) is 4.39. The van der Waals surface area contributed by atoms with Crippen molar-refractivity contribution >= 4 is 17.1 Å². The van der Waals surface area contributed by atoms with E-state index < -0.39 is 0 Å². The Morgan fingerprint density at radius 2 is 2.29 bits per heavy atom. The number of aryl methyl sites for hydroxylation is 1. The molecule has 88 valence electrons. The molecule has 1 aromatic heterocycles. The quantitative estimate of drug-likeness (QED) is 0.779. The first-order valence-electron chi connectivity index (χ1n) is 5.38. The lowest BCUT2D eigenvalue weighted by Crippen LogP contribution is -2.06. The van der Waals surface area contributed by atoms with Gasteiger partial charge < -0.3 is 4.74 Å². The van der Waals surface area contributed by atoms with Gasteiger partial charge in [0.05, 0.1) is 17.7 Å². The highest BCUT2D eigenvalue weighted by Crippen LogP contribution is 2.23. The van der Waals surface area contributed by atoms with Crippen LogP contribution < -0.4 is 4.74 Å². The van der Waals surface area contributed by atoms with Gasteiger partial charge in [0.2, 0.25) is 5.78 Å². The second-order valence-electron chi connectivity index (χ2n) is 3.64. The lowest BCUT2D eigenvalue weighted by molar-refractivity contribution is 0.103. The van der Waals surface area contributed by atoms with Crippen molar-refractivity contribution in [3.63, 3.8) is 0 Å². The van der Waals surface area contributed by atoms with E-state index in [1.54, 1.807) is 10.9 Å². The van der Waals surface area contributed by atoms with Gasteiger partial charge in [-0.2, -0.15) is 0 Å². The number of hydrogen-bond donors (Lipinski definition) is 0. The molecule has 1 heterocycles. The molecule has 0 unspecified atom stereocenters. The van der Waals surface area contributed by atoms with Crippen LogP contribution >= 0.6 is 11.3 Å². The van der Waals surface area contributed by atoms with E-state index in [-0.39, 0.29) is 5.78 Å². The summed E-state index contributed by atoms with van der Waals surface area (Å²) in [5, 5.41) is 1.75. The largest absolute Gasteiger partial charge is 0.493 e. The Balaban J connectivity index is 2.42. The van der Waals surface area contributed by atoms with Crippen molar-refractivity contribution < 1.29 is 9.53 Å². The van der Waals surface area contributed by atoms with Crippen molar-refractivity contribution in [3.8, 4) is 5.75 Å². The molecule has 0 aliphatic heterocycles. The van der Waals surface area contributed by atoms with Gasteiger partial charge in [-0.05, 0) is 26.0 Å². The molecule has 4 heteroatoms. The summed E-state index contributed by atoms with van der Waals surface area (Å²) in [6.07, 6.45) is 0. The second-order valence-corrected chi connectivity index (χ2v) is 4.35. The summed E-state index contributed by atoms with van der Waals surface area (Å²) in [7, 11) is 0. The highest BCUT2D eigenvalue weighted by atomic mass is 32.1. The molecule has 1 aromatic carbocycles. The lowest BCUT2D eigenvalue weighted by Gasteiger charge is -2.09. The van der Waals surface area contributed by atoms with E-state index in [0.29, 0.717) is 23.6 Å². The third kappa shape index (κ3) is 2.53. The van der Waals surface area contributed by atoms with Gasteiger partial charge in [-0.1, -0.05) is 11.6 Å². The molecule has 0 bridgehead atoms. The molecule has 2 aromatic rings. The fourth-order valence-electron chi connectivity index (χ4n) is 1.57. The zero-order chi connectivity index (χ0) is 12.3. The van der Waals surface area contributed by atoms with Crippen molar-refractivity contribution in [1.29, 1.82) is 0 Å². The van der Waals surface area contributed by atoms with E-state index in [1.165, 1.54) is 11.3 Å². The highest BCUT2D eigenvalue weighted by molar-refractivity contribution is 7.07. The van der Waals surface area contributed by atoms with Crippen LogP contribution in [0.2, 0.25) is 0 Å². The fraction of sp³-hybridized carbons (Fsp3) is 0.231. The molecule has 2 rings (SSSR count). The summed E-state index contributed by atoms with van der Waals surface area (Å²) in [5.41, 5.74) is 3.75. The van der Waals surface area contributed by atoms with Gasteiger partial charge >= 0.3 is 0 Å². The Hall–Kier alpha value is -1.68. The SMILES string of the molecule is CCOc1ccc(C)cc1C(=O)c1cscn1. The minimum atomic E-state index is -0.0848. The Kier molecular flexibility index (Phi) is 3.54. The smallest absolute Gasteiger partial charge is 0.215 e. The van der Waals surface area contributed by atoms with Crippen LogP contribution in [-0.4, -0.2) is 17.4 Å². The van der Waals surface area contributed by atoms with Crippen LogP contribution in [-0.2, 0) is 0 Å². The van der Waals surface area contributed by atoms with Crippen LogP contribution in [0.25, 0.3) is 0 Å². The number of rotatable bonds is 4. The minimum Gasteiger partial charge on any atom is -0.493 e. The Morgan fingerprint density at radius 1 is 1.47 bits per heavy atom.